The van der Waals surface area contributed by atoms with Crippen molar-refractivity contribution in [2.75, 3.05) is 5.32 Å². The molecule has 0 bridgehead atoms. The van der Waals surface area contributed by atoms with E-state index >= 15 is 0 Å². The van der Waals surface area contributed by atoms with Crippen LogP contribution in [0.4, 0.5) is 9.93 Å². The Kier molecular flexibility index (Phi) is 8.81. The Morgan fingerprint density at radius 1 is 1.05 bits per heavy atom. The molecular formula is C24H34N8O7S. The Morgan fingerprint density at radius 2 is 1.68 bits per heavy atom. The molecule has 0 spiro atoms. The van der Waals surface area contributed by atoms with Gasteiger partial charge in [-0.25, -0.2) is 14.6 Å². The molecule has 1 saturated heterocycles. The van der Waals surface area contributed by atoms with Gasteiger partial charge in [0, 0.05) is 5.38 Å². The van der Waals surface area contributed by atoms with Gasteiger partial charge in [0.1, 0.15) is 22.9 Å². The fourth-order valence-electron chi connectivity index (χ4n) is 3.12. The van der Waals surface area contributed by atoms with Crippen LogP contribution in [0.2, 0.25) is 0 Å². The first-order chi connectivity index (χ1) is 18.4. The monoisotopic (exact) mass is 578 g/mol. The van der Waals surface area contributed by atoms with E-state index in [1.54, 1.807) is 41.5 Å². The Hall–Kier alpha value is -4.08. The largest absolute Gasteiger partial charge is 0.457 e. The van der Waals surface area contributed by atoms with E-state index in [1.165, 1.54) is 36.4 Å². The van der Waals surface area contributed by atoms with Crippen molar-refractivity contribution in [3.05, 3.63) is 23.5 Å². The molecule has 40 heavy (non-hydrogen) atoms. The summed E-state index contributed by atoms with van der Waals surface area (Å²) >= 11 is 1.01. The summed E-state index contributed by atoms with van der Waals surface area (Å²) in [5, 5.41) is 21.3. The third-order valence-corrected chi connectivity index (χ3v) is 5.71. The van der Waals surface area contributed by atoms with Gasteiger partial charge in [0.2, 0.25) is 11.5 Å². The maximum atomic E-state index is 13.4. The topological polar surface area (TPSA) is 188 Å². The normalized spacial score (nSPS) is 17.8. The van der Waals surface area contributed by atoms with Crippen LogP contribution in [0.1, 0.15) is 61.1 Å². The van der Waals surface area contributed by atoms with Crippen molar-refractivity contribution in [3.8, 4) is 0 Å². The molecule has 16 heteroatoms. The second-order valence-electron chi connectivity index (χ2n) is 11.4. The SMILES string of the molecule is CC(C)(C)OC(=O)Nc1nc(C(=NOC(C)(C)C(=O)OC(C)(C)C)C(=O)N[C@@H]2C(=O)N[C@@H]2Cn2nccn2)cs1. The first kappa shape index (κ1) is 30.5. The number of carbonyl (C=O) groups excluding carboxylic acids is 4. The van der Waals surface area contributed by atoms with Crippen molar-refractivity contribution >= 4 is 46.1 Å². The van der Waals surface area contributed by atoms with Gasteiger partial charge in [-0.2, -0.15) is 15.0 Å². The van der Waals surface area contributed by atoms with Gasteiger partial charge in [-0.15, -0.1) is 11.3 Å². The minimum Gasteiger partial charge on any atom is -0.457 e. The predicted molar refractivity (Wildman–Crippen MR) is 143 cm³/mol. The molecule has 3 rings (SSSR count). The van der Waals surface area contributed by atoms with Gasteiger partial charge in [-0.3, -0.25) is 14.9 Å². The van der Waals surface area contributed by atoms with Gasteiger partial charge in [-0.05, 0) is 55.4 Å². The van der Waals surface area contributed by atoms with Gasteiger partial charge < -0.3 is 24.9 Å². The summed E-state index contributed by atoms with van der Waals surface area (Å²) in [6.45, 7) is 13.3. The smallest absolute Gasteiger partial charge is 0.413 e. The molecule has 2 aromatic rings. The molecule has 15 nitrogen and oxygen atoms in total. The average Bonchev–Trinajstić information content (AvgIpc) is 3.47. The second kappa shape index (κ2) is 11.6. The number of β-lactam (4-membered cyclic amide) rings is 1. The van der Waals surface area contributed by atoms with E-state index in [1.807, 2.05) is 0 Å². The van der Waals surface area contributed by atoms with Gasteiger partial charge in [0.05, 0.1) is 25.0 Å². The number of nitrogens with zero attached hydrogens (tertiary/aromatic N) is 5. The van der Waals surface area contributed by atoms with Crippen LogP contribution < -0.4 is 16.0 Å². The van der Waals surface area contributed by atoms with Crippen molar-refractivity contribution in [2.24, 2.45) is 5.16 Å². The van der Waals surface area contributed by atoms with Crippen LogP contribution in [0.3, 0.4) is 0 Å². The Labute approximate surface area is 235 Å². The number of thiazole rings is 1. The molecule has 3 amide bonds. The third-order valence-electron chi connectivity index (χ3n) is 4.95. The van der Waals surface area contributed by atoms with E-state index < -0.39 is 52.8 Å². The third kappa shape index (κ3) is 8.46. The zero-order valence-electron chi connectivity index (χ0n) is 23.6. The number of anilines is 1. The lowest BCUT2D eigenvalue weighted by molar-refractivity contribution is -0.179. The zero-order chi connectivity index (χ0) is 29.9. The highest BCUT2D eigenvalue weighted by Crippen LogP contribution is 2.21. The highest BCUT2D eigenvalue weighted by atomic mass is 32.1. The van der Waals surface area contributed by atoms with Crippen LogP contribution in [0.25, 0.3) is 0 Å². The molecule has 1 aliphatic heterocycles. The molecule has 0 unspecified atom stereocenters. The van der Waals surface area contributed by atoms with Crippen LogP contribution >= 0.6 is 11.3 Å². The Balaban J connectivity index is 1.83. The van der Waals surface area contributed by atoms with E-state index in [9.17, 15) is 19.2 Å². The molecule has 0 aliphatic carbocycles. The lowest BCUT2D eigenvalue weighted by atomic mass is 9.98. The van der Waals surface area contributed by atoms with Crippen LogP contribution in [0, 0.1) is 0 Å². The fourth-order valence-corrected chi connectivity index (χ4v) is 3.80. The summed E-state index contributed by atoms with van der Waals surface area (Å²) in [5.74, 6) is -1.92. The summed E-state index contributed by atoms with van der Waals surface area (Å²) < 4.78 is 10.6. The number of hydrogen-bond donors (Lipinski definition) is 3. The van der Waals surface area contributed by atoms with Crippen LogP contribution in [0.5, 0.6) is 0 Å². The molecule has 1 aliphatic rings. The molecule has 218 valence electrons. The van der Waals surface area contributed by atoms with Crippen molar-refractivity contribution in [1.82, 2.24) is 30.6 Å². The number of nitrogens with one attached hydrogen (secondary N) is 3. The van der Waals surface area contributed by atoms with Crippen molar-refractivity contribution in [1.29, 1.82) is 0 Å². The molecule has 3 N–H and O–H groups in total. The molecule has 0 saturated carbocycles. The summed E-state index contributed by atoms with van der Waals surface area (Å²) in [7, 11) is 0. The summed E-state index contributed by atoms with van der Waals surface area (Å²) in [6, 6.07) is -1.40. The summed E-state index contributed by atoms with van der Waals surface area (Å²) in [5.41, 5.74) is -3.40. The maximum absolute atomic E-state index is 13.4. The Bertz CT molecular complexity index is 1270. The molecule has 2 aromatic heterocycles. The molecule has 1 fully saturated rings. The van der Waals surface area contributed by atoms with E-state index in [0.29, 0.717) is 0 Å². The van der Waals surface area contributed by atoms with Crippen molar-refractivity contribution in [3.63, 3.8) is 0 Å². The maximum Gasteiger partial charge on any atom is 0.413 e. The van der Waals surface area contributed by atoms with Gasteiger partial charge in [0.15, 0.2) is 10.8 Å². The molecule has 3 heterocycles. The van der Waals surface area contributed by atoms with Gasteiger partial charge in [0.25, 0.3) is 5.91 Å². The van der Waals surface area contributed by atoms with Crippen molar-refractivity contribution in [2.45, 2.75) is 90.8 Å². The highest BCUT2D eigenvalue weighted by Gasteiger charge is 2.42. The molecule has 2 atom stereocenters. The van der Waals surface area contributed by atoms with E-state index in [-0.39, 0.29) is 23.1 Å². The van der Waals surface area contributed by atoms with E-state index in [0.717, 1.165) is 11.3 Å². The number of aromatic nitrogens is 4. The number of hydrogen-bond acceptors (Lipinski definition) is 12. The molecule has 0 aromatic carbocycles. The first-order valence-electron chi connectivity index (χ1n) is 12.3. The predicted octanol–water partition coefficient (Wildman–Crippen LogP) is 1.61. The minimum absolute atomic E-state index is 0.0265. The number of ether oxygens (including phenoxy) is 2. The average molecular weight is 579 g/mol. The summed E-state index contributed by atoms with van der Waals surface area (Å²) in [4.78, 5) is 61.6. The highest BCUT2D eigenvalue weighted by molar-refractivity contribution is 7.14. The van der Waals surface area contributed by atoms with Crippen LogP contribution in [-0.2, 0) is 35.2 Å². The standard InChI is InChI=1S/C24H34N8O7S/c1-22(2,3)37-19(35)24(7,8)39-31-16(14-12-40-20(28-14)30-21(36)38-23(4,5)6)18(34)29-15-13(27-17(15)33)11-32-25-9-10-26-32/h9-10,12-13,15H,11H2,1-8H3,(H,27,33)(H,29,34)(H,28,30,36)/t13-,15+/m1/s1. The quantitative estimate of drug-likeness (QED) is 0.171. The number of esters is 1. The number of rotatable bonds is 9. The van der Waals surface area contributed by atoms with Crippen molar-refractivity contribution < 1.29 is 33.5 Å². The van der Waals surface area contributed by atoms with Gasteiger partial charge >= 0.3 is 12.1 Å². The fraction of sp³-hybridized carbons (Fsp3) is 0.583. The second-order valence-corrected chi connectivity index (χ2v) is 12.2. The minimum atomic E-state index is -1.57. The summed E-state index contributed by atoms with van der Waals surface area (Å²) in [6.07, 6.45) is 2.25. The zero-order valence-corrected chi connectivity index (χ0v) is 24.4. The lowest BCUT2D eigenvalue weighted by Crippen LogP contribution is -2.70. The Morgan fingerprint density at radius 3 is 2.25 bits per heavy atom. The van der Waals surface area contributed by atoms with E-state index in [4.69, 9.17) is 14.3 Å². The number of oxime groups is 1. The van der Waals surface area contributed by atoms with Crippen LogP contribution in [0.15, 0.2) is 22.9 Å². The van der Waals surface area contributed by atoms with E-state index in [2.05, 4.69) is 36.3 Å². The molecular weight excluding hydrogens is 544 g/mol. The van der Waals surface area contributed by atoms with Gasteiger partial charge in [-0.1, -0.05) is 5.16 Å². The first-order valence-corrected chi connectivity index (χ1v) is 13.2. The molecule has 0 radical (unpaired) electrons. The number of carbonyl (C=O) groups is 4. The van der Waals surface area contributed by atoms with Crippen LogP contribution in [-0.4, -0.2) is 78.5 Å². The lowest BCUT2D eigenvalue weighted by Gasteiger charge is -2.36. The number of amides is 3.